The van der Waals surface area contributed by atoms with Gasteiger partial charge in [-0.2, -0.15) is 0 Å². The first kappa shape index (κ1) is 24.3. The van der Waals surface area contributed by atoms with E-state index in [1.54, 1.807) is 7.11 Å². The number of carbonyl (C=O) groups excluding carboxylic acids is 1. The van der Waals surface area contributed by atoms with Crippen LogP contribution in [0.3, 0.4) is 0 Å². The first-order valence-electron chi connectivity index (χ1n) is 11.2. The molecule has 180 valence electrons. The van der Waals surface area contributed by atoms with E-state index in [0.29, 0.717) is 29.8 Å². The van der Waals surface area contributed by atoms with Crippen LogP contribution < -0.4 is 14.8 Å². The zero-order valence-corrected chi connectivity index (χ0v) is 20.8. The minimum absolute atomic E-state index is 0.0847. The van der Waals surface area contributed by atoms with Crippen molar-refractivity contribution < 1.29 is 14.3 Å². The highest BCUT2D eigenvalue weighted by Gasteiger charge is 2.13. The molecule has 0 saturated carbocycles. The van der Waals surface area contributed by atoms with Crippen molar-refractivity contribution >= 4 is 17.7 Å². The second kappa shape index (κ2) is 11.6. The molecule has 0 radical (unpaired) electrons. The predicted octanol–water partition coefficient (Wildman–Crippen LogP) is 4.79. The van der Waals surface area contributed by atoms with Gasteiger partial charge in [0.2, 0.25) is 5.91 Å². The van der Waals surface area contributed by atoms with E-state index in [4.69, 9.17) is 9.47 Å². The summed E-state index contributed by atoms with van der Waals surface area (Å²) in [6, 6.07) is 23.7. The van der Waals surface area contributed by atoms with Gasteiger partial charge in [-0.1, -0.05) is 71.9 Å². The van der Waals surface area contributed by atoms with E-state index < -0.39 is 0 Å². The molecule has 0 aliphatic rings. The van der Waals surface area contributed by atoms with Crippen LogP contribution in [0, 0.1) is 6.92 Å². The molecule has 7 nitrogen and oxygen atoms in total. The molecule has 1 N–H and O–H groups in total. The van der Waals surface area contributed by atoms with E-state index in [0.717, 1.165) is 28.1 Å². The maximum Gasteiger partial charge on any atom is 0.230 e. The molecule has 0 fully saturated rings. The second-order valence-corrected chi connectivity index (χ2v) is 9.00. The Bertz CT molecular complexity index is 1290. The van der Waals surface area contributed by atoms with Crippen LogP contribution in [0.2, 0.25) is 0 Å². The van der Waals surface area contributed by atoms with Gasteiger partial charge in [-0.25, -0.2) is 0 Å². The molecule has 0 atom stereocenters. The number of aryl methyl sites for hydroxylation is 1. The molecule has 4 rings (SSSR count). The number of nitrogens with zero attached hydrogens (tertiary/aromatic N) is 3. The number of methoxy groups -OCH3 is 1. The molecule has 4 aromatic rings. The molecule has 0 unspecified atom stereocenters. The smallest absolute Gasteiger partial charge is 0.230 e. The Hall–Kier alpha value is -3.78. The van der Waals surface area contributed by atoms with Crippen LogP contribution in [0.15, 0.2) is 78.0 Å². The summed E-state index contributed by atoms with van der Waals surface area (Å²) in [6.45, 7) is 2.89. The second-order valence-electron chi connectivity index (χ2n) is 8.06. The first-order valence-corrected chi connectivity index (χ1v) is 12.2. The third-order valence-corrected chi connectivity index (χ3v) is 6.42. The van der Waals surface area contributed by atoms with Gasteiger partial charge in [0.25, 0.3) is 0 Å². The lowest BCUT2D eigenvalue weighted by Crippen LogP contribution is -2.24. The molecular weight excluding hydrogens is 460 g/mol. The van der Waals surface area contributed by atoms with E-state index >= 15 is 0 Å². The Morgan fingerprint density at radius 3 is 2.57 bits per heavy atom. The lowest BCUT2D eigenvalue weighted by Gasteiger charge is -2.13. The largest absolute Gasteiger partial charge is 0.493 e. The fraction of sp³-hybridized carbons (Fsp3) is 0.222. The minimum Gasteiger partial charge on any atom is -0.493 e. The Kier molecular flexibility index (Phi) is 8.05. The van der Waals surface area contributed by atoms with E-state index in [-0.39, 0.29) is 11.7 Å². The summed E-state index contributed by atoms with van der Waals surface area (Å²) >= 11 is 1.36. The van der Waals surface area contributed by atoms with E-state index in [1.807, 2.05) is 85.3 Å². The van der Waals surface area contributed by atoms with Crippen molar-refractivity contribution in [2.75, 3.05) is 12.9 Å². The van der Waals surface area contributed by atoms with Crippen molar-refractivity contribution in [3.05, 3.63) is 89.5 Å². The average Bonchev–Trinajstić information content (AvgIpc) is 3.25. The minimum atomic E-state index is -0.0847. The van der Waals surface area contributed by atoms with Gasteiger partial charge in [-0.3, -0.25) is 4.79 Å². The normalized spacial score (nSPS) is 10.7. The standard InChI is InChI=1S/C27H28N4O3S/c1-19-8-7-11-22(14-19)26-29-30-27(31(26)2)35-18-25(32)28-16-21-12-13-23(24(15-21)33-3)34-17-20-9-5-4-6-10-20/h4-15H,16-18H2,1-3H3,(H,28,32). The van der Waals surface area contributed by atoms with Crippen molar-refractivity contribution in [1.82, 2.24) is 20.1 Å². The lowest BCUT2D eigenvalue weighted by molar-refractivity contribution is -0.118. The lowest BCUT2D eigenvalue weighted by atomic mass is 10.1. The number of nitrogens with one attached hydrogen (secondary N) is 1. The highest BCUT2D eigenvalue weighted by molar-refractivity contribution is 7.99. The van der Waals surface area contributed by atoms with Gasteiger partial charge < -0.3 is 19.4 Å². The predicted molar refractivity (Wildman–Crippen MR) is 138 cm³/mol. The van der Waals surface area contributed by atoms with Gasteiger partial charge >= 0.3 is 0 Å². The van der Waals surface area contributed by atoms with Crippen LogP contribution in [-0.4, -0.2) is 33.5 Å². The van der Waals surface area contributed by atoms with Crippen molar-refractivity contribution in [3.8, 4) is 22.9 Å². The molecule has 1 amide bonds. The van der Waals surface area contributed by atoms with Gasteiger partial charge in [-0.15, -0.1) is 10.2 Å². The fourth-order valence-corrected chi connectivity index (χ4v) is 4.28. The maximum atomic E-state index is 12.5. The molecule has 8 heteroatoms. The molecule has 0 bridgehead atoms. The highest BCUT2D eigenvalue weighted by atomic mass is 32.2. The molecule has 3 aromatic carbocycles. The zero-order valence-electron chi connectivity index (χ0n) is 20.0. The maximum absolute atomic E-state index is 12.5. The first-order chi connectivity index (χ1) is 17.0. The quantitative estimate of drug-likeness (QED) is 0.324. The monoisotopic (exact) mass is 488 g/mol. The summed E-state index contributed by atoms with van der Waals surface area (Å²) in [6.07, 6.45) is 0. The zero-order chi connectivity index (χ0) is 24.6. The van der Waals surface area contributed by atoms with Crippen LogP contribution in [0.25, 0.3) is 11.4 Å². The number of rotatable bonds is 10. The van der Waals surface area contributed by atoms with E-state index in [2.05, 4.69) is 21.6 Å². The number of ether oxygens (including phenoxy) is 2. The summed E-state index contributed by atoms with van der Waals surface area (Å²) in [4.78, 5) is 12.5. The molecule has 1 aromatic heterocycles. The summed E-state index contributed by atoms with van der Waals surface area (Å²) in [7, 11) is 3.52. The third kappa shape index (κ3) is 6.42. The van der Waals surface area contributed by atoms with Crippen LogP contribution in [-0.2, 0) is 25.0 Å². The average molecular weight is 489 g/mol. The van der Waals surface area contributed by atoms with Crippen LogP contribution in [0.5, 0.6) is 11.5 Å². The van der Waals surface area contributed by atoms with Crippen molar-refractivity contribution in [2.45, 2.75) is 25.2 Å². The van der Waals surface area contributed by atoms with Crippen molar-refractivity contribution in [1.29, 1.82) is 0 Å². The number of aromatic nitrogens is 3. The number of hydrogen-bond acceptors (Lipinski definition) is 6. The third-order valence-electron chi connectivity index (χ3n) is 5.40. The van der Waals surface area contributed by atoms with E-state index in [1.165, 1.54) is 11.8 Å². The van der Waals surface area contributed by atoms with Gasteiger partial charge in [0.1, 0.15) is 6.61 Å². The Balaban J connectivity index is 1.29. The van der Waals surface area contributed by atoms with E-state index in [9.17, 15) is 4.79 Å². The molecule has 1 heterocycles. The van der Waals surface area contributed by atoms with Gasteiger partial charge in [0.05, 0.1) is 12.9 Å². The summed E-state index contributed by atoms with van der Waals surface area (Å²) in [5, 5.41) is 12.2. The topological polar surface area (TPSA) is 78.3 Å². The summed E-state index contributed by atoms with van der Waals surface area (Å²) < 4.78 is 13.3. The van der Waals surface area contributed by atoms with Gasteiger partial charge in [0, 0.05) is 19.2 Å². The van der Waals surface area contributed by atoms with Gasteiger partial charge in [0.15, 0.2) is 22.5 Å². The van der Waals surface area contributed by atoms with Gasteiger partial charge in [-0.05, 0) is 36.2 Å². The van der Waals surface area contributed by atoms with Crippen LogP contribution >= 0.6 is 11.8 Å². The number of hydrogen-bond donors (Lipinski definition) is 1. The van der Waals surface area contributed by atoms with Crippen molar-refractivity contribution in [2.24, 2.45) is 7.05 Å². The number of benzene rings is 3. The molecule has 0 saturated heterocycles. The van der Waals surface area contributed by atoms with Crippen molar-refractivity contribution in [3.63, 3.8) is 0 Å². The molecule has 0 spiro atoms. The Morgan fingerprint density at radius 1 is 0.971 bits per heavy atom. The molecule has 0 aliphatic carbocycles. The number of thioether (sulfide) groups is 1. The molecule has 0 aliphatic heterocycles. The summed E-state index contributed by atoms with van der Waals surface area (Å²) in [5.74, 6) is 2.23. The molecule has 35 heavy (non-hydrogen) atoms. The number of amides is 1. The summed E-state index contributed by atoms with van der Waals surface area (Å²) in [5.41, 5.74) is 4.16. The Labute approximate surface area is 209 Å². The number of carbonyl (C=O) groups is 1. The highest BCUT2D eigenvalue weighted by Crippen LogP contribution is 2.29. The van der Waals surface area contributed by atoms with Crippen LogP contribution in [0.1, 0.15) is 16.7 Å². The molecular formula is C27H28N4O3S. The Morgan fingerprint density at radius 2 is 1.80 bits per heavy atom. The fourth-order valence-electron chi connectivity index (χ4n) is 3.53. The van der Waals surface area contributed by atoms with Crippen LogP contribution in [0.4, 0.5) is 0 Å². The SMILES string of the molecule is COc1cc(CNC(=O)CSc2nnc(-c3cccc(C)c3)n2C)ccc1OCc1ccccc1.